The molecule has 1 aliphatic rings. The second kappa shape index (κ2) is 11.1. The number of aromatic amines is 1. The molecule has 1 aromatic heterocycles. The highest BCUT2D eigenvalue weighted by molar-refractivity contribution is 5.80. The molecule has 1 aliphatic heterocycles. The van der Waals surface area contributed by atoms with E-state index in [0.29, 0.717) is 12.0 Å². The standard InChI is InChI=1S/C28H33N5O/c1-28(26-19-30-21-31-26,17-23-11-13-24(18-29)14-12-23)32-27(34)25-10-6-16-33(20-25)15-5-9-22-7-3-2-4-8-22/h2-4,7-8,11-14,19,21,25H,5-6,9-10,15-17,20H2,1H3,(H,30,31)(H,32,34)/t25-,28?/m0/s1. The Morgan fingerprint density at radius 1 is 1.21 bits per heavy atom. The highest BCUT2D eigenvalue weighted by atomic mass is 16.2. The van der Waals surface area contributed by atoms with Gasteiger partial charge in [0.15, 0.2) is 0 Å². The predicted molar refractivity (Wildman–Crippen MR) is 133 cm³/mol. The Hall–Kier alpha value is -3.43. The molecular formula is C28H33N5O. The third-order valence-electron chi connectivity index (χ3n) is 6.79. The molecule has 2 atom stereocenters. The van der Waals surface area contributed by atoms with Gasteiger partial charge in [-0.05, 0) is 69.0 Å². The molecule has 0 radical (unpaired) electrons. The number of amides is 1. The number of H-pyrrole nitrogens is 1. The van der Waals surface area contributed by atoms with Crippen LogP contribution in [0.15, 0.2) is 67.1 Å². The maximum Gasteiger partial charge on any atom is 0.225 e. The molecule has 6 nitrogen and oxygen atoms in total. The van der Waals surface area contributed by atoms with Crippen LogP contribution in [0.5, 0.6) is 0 Å². The number of nitrogens with zero attached hydrogens (tertiary/aromatic N) is 3. The van der Waals surface area contributed by atoms with Gasteiger partial charge in [-0.1, -0.05) is 42.5 Å². The number of rotatable bonds is 9. The predicted octanol–water partition coefficient (Wildman–Crippen LogP) is 4.20. The zero-order valence-electron chi connectivity index (χ0n) is 19.8. The molecule has 1 saturated heterocycles. The number of carbonyl (C=O) groups is 1. The topological polar surface area (TPSA) is 84.8 Å². The molecule has 2 aromatic carbocycles. The first kappa shape index (κ1) is 23.7. The van der Waals surface area contributed by atoms with Crippen LogP contribution in [0.3, 0.4) is 0 Å². The van der Waals surface area contributed by atoms with Gasteiger partial charge in [-0.15, -0.1) is 0 Å². The van der Waals surface area contributed by atoms with Gasteiger partial charge in [0.25, 0.3) is 0 Å². The van der Waals surface area contributed by atoms with Crippen molar-refractivity contribution in [3.63, 3.8) is 0 Å². The van der Waals surface area contributed by atoms with Crippen LogP contribution in [-0.2, 0) is 23.2 Å². The summed E-state index contributed by atoms with van der Waals surface area (Å²) >= 11 is 0. The van der Waals surface area contributed by atoms with E-state index in [1.807, 2.05) is 31.2 Å². The van der Waals surface area contributed by atoms with Gasteiger partial charge >= 0.3 is 0 Å². The van der Waals surface area contributed by atoms with E-state index in [0.717, 1.165) is 56.6 Å². The average Bonchev–Trinajstić information content (AvgIpc) is 3.42. The number of likely N-dealkylation sites (tertiary alicyclic amines) is 1. The summed E-state index contributed by atoms with van der Waals surface area (Å²) in [6.07, 6.45) is 8.16. The second-order valence-corrected chi connectivity index (χ2v) is 9.50. The van der Waals surface area contributed by atoms with Crippen LogP contribution in [0, 0.1) is 17.2 Å². The van der Waals surface area contributed by atoms with Crippen LogP contribution >= 0.6 is 0 Å². The molecule has 2 N–H and O–H groups in total. The Labute approximate surface area is 202 Å². The lowest BCUT2D eigenvalue weighted by Crippen LogP contribution is -2.51. The van der Waals surface area contributed by atoms with Crippen molar-refractivity contribution in [1.82, 2.24) is 20.2 Å². The highest BCUT2D eigenvalue weighted by Gasteiger charge is 2.34. The molecule has 1 unspecified atom stereocenters. The fourth-order valence-corrected chi connectivity index (χ4v) is 4.87. The first-order valence-electron chi connectivity index (χ1n) is 12.1. The number of nitriles is 1. The third-order valence-corrected chi connectivity index (χ3v) is 6.79. The van der Waals surface area contributed by atoms with Gasteiger partial charge < -0.3 is 15.2 Å². The SMILES string of the molecule is CC(Cc1ccc(C#N)cc1)(NC(=O)[C@H]1CCCN(CCCc2ccccc2)C1)c1cnc[nH]1. The molecule has 176 valence electrons. The highest BCUT2D eigenvalue weighted by Crippen LogP contribution is 2.26. The number of nitrogens with one attached hydrogen (secondary N) is 2. The van der Waals surface area contributed by atoms with Crippen molar-refractivity contribution < 1.29 is 4.79 Å². The molecule has 0 spiro atoms. The number of hydrogen-bond donors (Lipinski definition) is 2. The largest absolute Gasteiger partial charge is 0.347 e. The van der Waals surface area contributed by atoms with Gasteiger partial charge in [0.05, 0.1) is 41.3 Å². The van der Waals surface area contributed by atoms with Crippen molar-refractivity contribution >= 4 is 5.91 Å². The van der Waals surface area contributed by atoms with Gasteiger partial charge in [-0.3, -0.25) is 4.79 Å². The number of aromatic nitrogens is 2. The van der Waals surface area contributed by atoms with Gasteiger partial charge in [0.2, 0.25) is 5.91 Å². The summed E-state index contributed by atoms with van der Waals surface area (Å²) in [5.74, 6) is 0.0761. The Morgan fingerprint density at radius 2 is 2.00 bits per heavy atom. The van der Waals surface area contributed by atoms with E-state index in [2.05, 4.69) is 56.6 Å². The molecule has 0 bridgehead atoms. The van der Waals surface area contributed by atoms with Gasteiger partial charge in [0, 0.05) is 13.0 Å². The molecule has 6 heteroatoms. The Kier molecular flexibility index (Phi) is 7.76. The first-order chi connectivity index (χ1) is 16.6. The molecule has 1 amide bonds. The van der Waals surface area contributed by atoms with Crippen molar-refractivity contribution in [2.24, 2.45) is 5.92 Å². The van der Waals surface area contributed by atoms with E-state index < -0.39 is 5.54 Å². The molecular weight excluding hydrogens is 422 g/mol. The normalized spacial score (nSPS) is 18.1. The average molecular weight is 456 g/mol. The first-order valence-corrected chi connectivity index (χ1v) is 12.1. The van der Waals surface area contributed by atoms with Gasteiger partial charge in [0.1, 0.15) is 0 Å². The maximum absolute atomic E-state index is 13.4. The van der Waals surface area contributed by atoms with E-state index in [1.165, 1.54) is 5.56 Å². The summed E-state index contributed by atoms with van der Waals surface area (Å²) in [6, 6.07) is 20.3. The van der Waals surface area contributed by atoms with Gasteiger partial charge in [-0.25, -0.2) is 4.98 Å². The summed E-state index contributed by atoms with van der Waals surface area (Å²) in [5.41, 5.74) is 3.32. The Bertz CT molecular complexity index is 1090. The molecule has 34 heavy (non-hydrogen) atoms. The van der Waals surface area contributed by atoms with E-state index in [9.17, 15) is 4.79 Å². The van der Waals surface area contributed by atoms with Crippen LogP contribution in [0.2, 0.25) is 0 Å². The summed E-state index contributed by atoms with van der Waals surface area (Å²) in [5, 5.41) is 12.4. The monoisotopic (exact) mass is 455 g/mol. The zero-order chi connectivity index (χ0) is 23.8. The Morgan fingerprint density at radius 3 is 2.71 bits per heavy atom. The fraction of sp³-hybridized carbons (Fsp3) is 0.393. The third kappa shape index (κ3) is 6.12. The molecule has 2 heterocycles. The number of aryl methyl sites for hydroxylation is 1. The van der Waals surface area contributed by atoms with Crippen molar-refractivity contribution in [2.75, 3.05) is 19.6 Å². The minimum absolute atomic E-state index is 0.0197. The van der Waals surface area contributed by atoms with Crippen LogP contribution in [-0.4, -0.2) is 40.4 Å². The minimum atomic E-state index is -0.614. The molecule has 1 fully saturated rings. The lowest BCUT2D eigenvalue weighted by molar-refractivity contribution is -0.128. The summed E-state index contributed by atoms with van der Waals surface area (Å²) in [7, 11) is 0. The smallest absolute Gasteiger partial charge is 0.225 e. The van der Waals surface area contributed by atoms with E-state index in [1.54, 1.807) is 12.5 Å². The van der Waals surface area contributed by atoms with Crippen molar-refractivity contribution in [2.45, 2.75) is 44.6 Å². The van der Waals surface area contributed by atoms with Crippen molar-refractivity contribution in [1.29, 1.82) is 5.26 Å². The minimum Gasteiger partial charge on any atom is -0.347 e. The maximum atomic E-state index is 13.4. The van der Waals surface area contributed by atoms with E-state index in [4.69, 9.17) is 5.26 Å². The van der Waals surface area contributed by atoms with Crippen LogP contribution in [0.1, 0.15) is 48.6 Å². The summed E-state index contributed by atoms with van der Waals surface area (Å²) < 4.78 is 0. The zero-order valence-corrected chi connectivity index (χ0v) is 19.8. The molecule has 0 saturated carbocycles. The van der Waals surface area contributed by atoms with E-state index in [-0.39, 0.29) is 11.8 Å². The fourth-order valence-electron chi connectivity index (χ4n) is 4.87. The van der Waals surface area contributed by atoms with E-state index >= 15 is 0 Å². The second-order valence-electron chi connectivity index (χ2n) is 9.50. The lowest BCUT2D eigenvalue weighted by Gasteiger charge is -2.36. The number of imidazole rings is 1. The quantitative estimate of drug-likeness (QED) is 0.506. The number of hydrogen-bond acceptors (Lipinski definition) is 4. The van der Waals surface area contributed by atoms with Crippen LogP contribution in [0.25, 0.3) is 0 Å². The number of benzene rings is 2. The summed E-state index contributed by atoms with van der Waals surface area (Å²) in [6.45, 7) is 4.91. The van der Waals surface area contributed by atoms with Crippen LogP contribution < -0.4 is 5.32 Å². The van der Waals surface area contributed by atoms with Gasteiger partial charge in [-0.2, -0.15) is 5.26 Å². The van der Waals surface area contributed by atoms with Crippen molar-refractivity contribution in [3.05, 3.63) is 89.5 Å². The summed E-state index contributed by atoms with van der Waals surface area (Å²) in [4.78, 5) is 23.2. The number of carbonyl (C=O) groups excluding carboxylic acids is 1. The molecule has 0 aliphatic carbocycles. The van der Waals surface area contributed by atoms with Crippen molar-refractivity contribution in [3.8, 4) is 6.07 Å². The lowest BCUT2D eigenvalue weighted by atomic mass is 9.87. The number of piperidine rings is 1. The molecule has 3 aromatic rings. The Balaban J connectivity index is 1.38. The van der Waals surface area contributed by atoms with Crippen LogP contribution in [0.4, 0.5) is 0 Å². The molecule has 4 rings (SSSR count).